The van der Waals surface area contributed by atoms with Crippen molar-refractivity contribution in [1.82, 2.24) is 0 Å². The summed E-state index contributed by atoms with van der Waals surface area (Å²) < 4.78 is 23.5. The van der Waals surface area contributed by atoms with Gasteiger partial charge in [-0.05, 0) is 26.2 Å². The second-order valence-electron chi connectivity index (χ2n) is 4.52. The first-order valence-electron chi connectivity index (χ1n) is 5.40. The zero-order chi connectivity index (χ0) is 14.2. The fourth-order valence-corrected chi connectivity index (χ4v) is 22.3. The van der Waals surface area contributed by atoms with Gasteiger partial charge in [0, 0.05) is 0 Å². The van der Waals surface area contributed by atoms with Crippen molar-refractivity contribution in [2.75, 3.05) is 0 Å². The molecule has 0 aliphatic carbocycles. The third-order valence-electron chi connectivity index (χ3n) is 2.28. The summed E-state index contributed by atoms with van der Waals surface area (Å²) in [6.07, 6.45) is 0. The van der Waals surface area contributed by atoms with Crippen LogP contribution in [-0.4, -0.2) is 32.9 Å². The number of hydrogen-bond donors (Lipinski definition) is 0. The lowest BCUT2D eigenvalue weighted by Gasteiger charge is -2.44. The average Bonchev–Trinajstić information content (AvgIpc) is 2.11. The van der Waals surface area contributed by atoms with E-state index in [0.717, 1.165) is 0 Å². The molecule has 1 fully saturated rings. The summed E-state index contributed by atoms with van der Waals surface area (Å²) in [4.78, 5) is 0. The third kappa shape index (κ3) is 4.40. The van der Waals surface area contributed by atoms with Crippen LogP contribution in [0.3, 0.4) is 0 Å². The Hall–Kier alpha value is 0.768. The summed E-state index contributed by atoms with van der Waals surface area (Å²) in [5.41, 5.74) is 3.28. The van der Waals surface area contributed by atoms with Crippen LogP contribution in [0.25, 0.3) is 0 Å². The molecule has 18 heavy (non-hydrogen) atoms. The minimum atomic E-state index is -2.88. The van der Waals surface area contributed by atoms with Gasteiger partial charge in [-0.15, -0.1) is 35.3 Å². The SMILES string of the molecule is C=C[Si]1(C)O[Si](C)(Cl)O[Si](C)(C=C)O[Si](C)(Cl)O1. The Bertz CT molecular complexity index is 313. The second-order valence-corrected chi connectivity index (χ2v) is 20.1. The Labute approximate surface area is 122 Å². The highest BCUT2D eigenvalue weighted by Gasteiger charge is 2.55. The maximum Gasteiger partial charge on any atom is 0.422 e. The fraction of sp³-hybridized carbons (Fsp3) is 0.500. The molecule has 1 heterocycles. The molecule has 104 valence electrons. The van der Waals surface area contributed by atoms with Gasteiger partial charge in [0.05, 0.1) is 0 Å². The molecule has 1 aliphatic rings. The topological polar surface area (TPSA) is 36.9 Å². The first-order chi connectivity index (χ1) is 7.95. The lowest BCUT2D eigenvalue weighted by molar-refractivity contribution is 0.260. The molecule has 1 saturated heterocycles. The Kier molecular flexibility index (Phi) is 4.93. The van der Waals surface area contributed by atoms with Gasteiger partial charge in [0.25, 0.3) is 0 Å². The average molecular weight is 361 g/mol. The molecule has 0 spiro atoms. The van der Waals surface area contributed by atoms with E-state index in [1.165, 1.54) is 0 Å². The Morgan fingerprint density at radius 3 is 1.11 bits per heavy atom. The van der Waals surface area contributed by atoms with Crippen LogP contribution in [0.5, 0.6) is 0 Å². The number of rotatable bonds is 2. The molecule has 0 radical (unpaired) electrons. The first-order valence-corrected chi connectivity index (χ1v) is 16.8. The molecule has 1 rings (SSSR count). The van der Waals surface area contributed by atoms with Crippen molar-refractivity contribution >= 4 is 55.0 Å². The maximum absolute atomic E-state index is 6.35. The van der Waals surface area contributed by atoms with Crippen LogP contribution >= 0.6 is 22.2 Å². The highest BCUT2D eigenvalue weighted by atomic mass is 35.6. The number of halogens is 2. The van der Waals surface area contributed by atoms with E-state index < -0.39 is 32.9 Å². The summed E-state index contributed by atoms with van der Waals surface area (Å²) in [7, 11) is -11.1. The lowest BCUT2D eigenvalue weighted by atomic mass is 11.3. The molecule has 0 saturated carbocycles. The number of hydrogen-bond acceptors (Lipinski definition) is 4. The van der Waals surface area contributed by atoms with Crippen LogP contribution < -0.4 is 0 Å². The fourth-order valence-electron chi connectivity index (χ4n) is 1.70. The predicted octanol–water partition coefficient (Wildman–Crippen LogP) is 3.28. The largest absolute Gasteiger partial charge is 0.422 e. The van der Waals surface area contributed by atoms with Crippen molar-refractivity contribution in [2.24, 2.45) is 0 Å². The van der Waals surface area contributed by atoms with E-state index in [-0.39, 0.29) is 0 Å². The van der Waals surface area contributed by atoms with Crippen LogP contribution in [0.15, 0.2) is 24.6 Å². The van der Waals surface area contributed by atoms with Crippen LogP contribution in [0, 0.1) is 0 Å². The molecular weight excluding hydrogens is 343 g/mol. The zero-order valence-corrected chi connectivity index (χ0v) is 16.5. The zero-order valence-electron chi connectivity index (χ0n) is 11.0. The molecule has 0 aromatic heterocycles. The van der Waals surface area contributed by atoms with Gasteiger partial charge < -0.3 is 16.5 Å². The van der Waals surface area contributed by atoms with Crippen LogP contribution in [0.4, 0.5) is 0 Å². The van der Waals surface area contributed by atoms with E-state index in [0.29, 0.717) is 0 Å². The van der Waals surface area contributed by atoms with Gasteiger partial charge in [0.1, 0.15) is 0 Å². The van der Waals surface area contributed by atoms with Crippen LogP contribution in [0.1, 0.15) is 0 Å². The highest BCUT2D eigenvalue weighted by Crippen LogP contribution is 2.34. The molecule has 0 atom stereocenters. The monoisotopic (exact) mass is 360 g/mol. The Morgan fingerprint density at radius 1 is 0.722 bits per heavy atom. The Balaban J connectivity index is 3.14. The van der Waals surface area contributed by atoms with Gasteiger partial charge in [0.15, 0.2) is 0 Å². The molecule has 0 aromatic carbocycles. The molecule has 1 aliphatic heterocycles. The summed E-state index contributed by atoms with van der Waals surface area (Å²) >= 11 is 12.7. The lowest BCUT2D eigenvalue weighted by Crippen LogP contribution is -2.63. The highest BCUT2D eigenvalue weighted by molar-refractivity contribution is 7.22. The van der Waals surface area contributed by atoms with Gasteiger partial charge in [-0.1, -0.05) is 11.4 Å². The van der Waals surface area contributed by atoms with Crippen molar-refractivity contribution in [1.29, 1.82) is 0 Å². The normalized spacial score (nSPS) is 50.1. The van der Waals surface area contributed by atoms with Gasteiger partial charge >= 0.3 is 32.9 Å². The minimum Gasteiger partial charge on any atom is -0.401 e. The molecule has 0 unspecified atom stereocenters. The smallest absolute Gasteiger partial charge is 0.401 e. The summed E-state index contributed by atoms with van der Waals surface area (Å²) in [5.74, 6) is 0. The van der Waals surface area contributed by atoms with Crippen molar-refractivity contribution in [3.8, 4) is 0 Å². The molecular formula is C8H18Cl2O4Si4. The first kappa shape index (κ1) is 16.8. The van der Waals surface area contributed by atoms with Crippen LogP contribution in [0.2, 0.25) is 26.2 Å². The van der Waals surface area contributed by atoms with E-state index >= 15 is 0 Å². The van der Waals surface area contributed by atoms with E-state index in [1.54, 1.807) is 24.5 Å². The van der Waals surface area contributed by atoms with E-state index in [9.17, 15) is 0 Å². The molecule has 0 amide bonds. The van der Waals surface area contributed by atoms with Crippen LogP contribution in [-0.2, 0) is 16.5 Å². The van der Waals surface area contributed by atoms with Gasteiger partial charge in [-0.2, -0.15) is 0 Å². The van der Waals surface area contributed by atoms with Gasteiger partial charge in [0.2, 0.25) is 0 Å². The third-order valence-corrected chi connectivity index (χ3v) is 18.9. The molecule has 0 aromatic rings. The van der Waals surface area contributed by atoms with Crippen molar-refractivity contribution in [2.45, 2.75) is 26.2 Å². The summed E-state index contributed by atoms with van der Waals surface area (Å²) in [6.45, 7) is 14.6. The standard InChI is InChI=1S/C8H18Cl2O4Si4/c1-7-15(3)11-17(5,9)13-16(4,8-2)14-18(6,10)12-15/h7-8H,1-2H2,3-6H3. The van der Waals surface area contributed by atoms with Crippen molar-refractivity contribution < 1.29 is 16.5 Å². The molecule has 10 heteroatoms. The Morgan fingerprint density at radius 2 is 0.944 bits per heavy atom. The maximum atomic E-state index is 6.35. The minimum absolute atomic E-state index is 1.64. The summed E-state index contributed by atoms with van der Waals surface area (Å²) in [5, 5.41) is 0. The van der Waals surface area contributed by atoms with Gasteiger partial charge in [-0.25, -0.2) is 0 Å². The second kappa shape index (κ2) is 5.28. The molecule has 4 nitrogen and oxygen atoms in total. The van der Waals surface area contributed by atoms with Crippen molar-refractivity contribution in [3.63, 3.8) is 0 Å². The molecule has 0 bridgehead atoms. The van der Waals surface area contributed by atoms with Gasteiger partial charge in [-0.3, -0.25) is 0 Å². The van der Waals surface area contributed by atoms with Crippen molar-refractivity contribution in [3.05, 3.63) is 24.6 Å². The quantitative estimate of drug-likeness (QED) is 0.559. The van der Waals surface area contributed by atoms with E-state index in [1.807, 2.05) is 13.1 Å². The summed E-state index contributed by atoms with van der Waals surface area (Å²) in [6, 6.07) is 0. The van der Waals surface area contributed by atoms with E-state index in [2.05, 4.69) is 13.2 Å². The predicted molar refractivity (Wildman–Crippen MR) is 82.9 cm³/mol. The van der Waals surface area contributed by atoms with E-state index in [4.69, 9.17) is 38.6 Å². The molecule has 0 N–H and O–H groups in total.